The standard InChI is InChI=1S/C17H17N3O2/c21-15-9-17(10-19-15)5-7-20(11-17)16(22)13-3-4-14-12(8-13)2-1-6-18-14/h1-4,6,8H,5,7,9-11H2,(H,19,21). The predicted molar refractivity (Wildman–Crippen MR) is 82.3 cm³/mol. The summed E-state index contributed by atoms with van der Waals surface area (Å²) in [5.74, 6) is 0.146. The second-order valence-electron chi connectivity index (χ2n) is 6.34. The Morgan fingerprint density at radius 1 is 1.32 bits per heavy atom. The molecule has 1 unspecified atom stereocenters. The number of rotatable bonds is 1. The first-order chi connectivity index (χ1) is 10.7. The van der Waals surface area contributed by atoms with E-state index in [-0.39, 0.29) is 17.2 Å². The van der Waals surface area contributed by atoms with E-state index in [0.717, 1.165) is 23.9 Å². The van der Waals surface area contributed by atoms with Crippen LogP contribution in [0.4, 0.5) is 0 Å². The third-order valence-electron chi connectivity index (χ3n) is 4.77. The van der Waals surface area contributed by atoms with E-state index < -0.39 is 0 Å². The number of hydrogen-bond donors (Lipinski definition) is 1. The molecule has 1 aromatic heterocycles. The van der Waals surface area contributed by atoms with Crippen LogP contribution >= 0.6 is 0 Å². The summed E-state index contributed by atoms with van der Waals surface area (Å²) in [7, 11) is 0. The molecular weight excluding hydrogens is 278 g/mol. The van der Waals surface area contributed by atoms with Crippen molar-refractivity contribution in [2.45, 2.75) is 12.8 Å². The highest BCUT2D eigenvalue weighted by atomic mass is 16.2. The highest BCUT2D eigenvalue weighted by molar-refractivity contribution is 5.98. The molecule has 0 bridgehead atoms. The van der Waals surface area contributed by atoms with Crippen molar-refractivity contribution in [2.75, 3.05) is 19.6 Å². The molecule has 1 aromatic carbocycles. The molecule has 0 radical (unpaired) electrons. The molecule has 0 saturated carbocycles. The van der Waals surface area contributed by atoms with Crippen LogP contribution in [0.2, 0.25) is 0 Å². The van der Waals surface area contributed by atoms with E-state index in [4.69, 9.17) is 0 Å². The number of pyridine rings is 1. The van der Waals surface area contributed by atoms with Crippen molar-refractivity contribution in [1.82, 2.24) is 15.2 Å². The molecule has 2 aliphatic rings. The Balaban J connectivity index is 1.57. The normalized spacial score (nSPS) is 24.2. The quantitative estimate of drug-likeness (QED) is 0.869. The molecule has 5 heteroatoms. The number of fused-ring (bicyclic) bond motifs is 1. The van der Waals surface area contributed by atoms with Gasteiger partial charge in [0.15, 0.2) is 0 Å². The number of amides is 2. The van der Waals surface area contributed by atoms with Gasteiger partial charge in [0.05, 0.1) is 5.52 Å². The van der Waals surface area contributed by atoms with Crippen molar-refractivity contribution in [3.63, 3.8) is 0 Å². The van der Waals surface area contributed by atoms with Gasteiger partial charge < -0.3 is 10.2 Å². The molecule has 1 atom stereocenters. The van der Waals surface area contributed by atoms with E-state index in [0.29, 0.717) is 25.1 Å². The molecule has 1 N–H and O–H groups in total. The number of carbonyl (C=O) groups excluding carboxylic acids is 2. The first-order valence-corrected chi connectivity index (χ1v) is 7.56. The third kappa shape index (κ3) is 2.13. The maximum absolute atomic E-state index is 12.7. The molecule has 2 amide bonds. The lowest BCUT2D eigenvalue weighted by Gasteiger charge is -2.22. The zero-order valence-corrected chi connectivity index (χ0v) is 12.2. The Labute approximate surface area is 128 Å². The average Bonchev–Trinajstić information content (AvgIpc) is 3.12. The highest BCUT2D eigenvalue weighted by Gasteiger charge is 2.45. The van der Waals surface area contributed by atoms with Crippen LogP contribution in [0, 0.1) is 5.41 Å². The van der Waals surface area contributed by atoms with E-state index >= 15 is 0 Å². The molecule has 22 heavy (non-hydrogen) atoms. The lowest BCUT2D eigenvalue weighted by atomic mass is 9.86. The zero-order valence-electron chi connectivity index (χ0n) is 12.2. The lowest BCUT2D eigenvalue weighted by molar-refractivity contribution is -0.119. The fourth-order valence-corrected chi connectivity index (χ4v) is 3.54. The van der Waals surface area contributed by atoms with Crippen molar-refractivity contribution >= 4 is 22.7 Å². The molecule has 112 valence electrons. The number of aromatic nitrogens is 1. The van der Waals surface area contributed by atoms with Crippen LogP contribution in [0.25, 0.3) is 10.9 Å². The first kappa shape index (κ1) is 13.2. The summed E-state index contributed by atoms with van der Waals surface area (Å²) in [6.07, 6.45) is 3.18. The molecule has 4 rings (SSSR count). The monoisotopic (exact) mass is 295 g/mol. The van der Waals surface area contributed by atoms with Crippen molar-refractivity contribution < 1.29 is 9.59 Å². The number of nitrogens with one attached hydrogen (secondary N) is 1. The van der Waals surface area contributed by atoms with Gasteiger partial charge >= 0.3 is 0 Å². The van der Waals surface area contributed by atoms with Crippen LogP contribution in [0.1, 0.15) is 23.2 Å². The molecule has 2 fully saturated rings. The van der Waals surface area contributed by atoms with Crippen molar-refractivity contribution in [3.8, 4) is 0 Å². The first-order valence-electron chi connectivity index (χ1n) is 7.56. The van der Waals surface area contributed by atoms with Gasteiger partial charge in [0.2, 0.25) is 5.91 Å². The van der Waals surface area contributed by atoms with E-state index in [1.807, 2.05) is 35.2 Å². The summed E-state index contributed by atoms with van der Waals surface area (Å²) in [5.41, 5.74) is 1.53. The fraction of sp³-hybridized carbons (Fsp3) is 0.353. The Bertz CT molecular complexity index is 773. The van der Waals surface area contributed by atoms with Gasteiger partial charge in [-0.2, -0.15) is 0 Å². The van der Waals surface area contributed by atoms with Crippen LogP contribution in [0.15, 0.2) is 36.5 Å². The number of likely N-dealkylation sites (tertiary alicyclic amines) is 1. The minimum Gasteiger partial charge on any atom is -0.355 e. The van der Waals surface area contributed by atoms with Crippen LogP contribution in [0.5, 0.6) is 0 Å². The van der Waals surface area contributed by atoms with Crippen molar-refractivity contribution in [1.29, 1.82) is 0 Å². The van der Waals surface area contributed by atoms with E-state index in [1.54, 1.807) is 6.20 Å². The Kier molecular flexibility index (Phi) is 2.89. The average molecular weight is 295 g/mol. The van der Waals surface area contributed by atoms with Gasteiger partial charge in [0.1, 0.15) is 0 Å². The zero-order chi connectivity index (χ0) is 15.2. The largest absolute Gasteiger partial charge is 0.355 e. The minimum absolute atomic E-state index is 0.0435. The van der Waals surface area contributed by atoms with Gasteiger partial charge in [-0.05, 0) is 30.7 Å². The van der Waals surface area contributed by atoms with Gasteiger partial charge in [0, 0.05) is 48.6 Å². The number of nitrogens with zero attached hydrogens (tertiary/aromatic N) is 2. The summed E-state index contributed by atoms with van der Waals surface area (Å²) in [5, 5.41) is 3.86. The number of benzene rings is 1. The van der Waals surface area contributed by atoms with Gasteiger partial charge in [-0.25, -0.2) is 0 Å². The number of hydrogen-bond acceptors (Lipinski definition) is 3. The van der Waals surface area contributed by atoms with Crippen LogP contribution < -0.4 is 5.32 Å². The van der Waals surface area contributed by atoms with Gasteiger partial charge in [-0.3, -0.25) is 14.6 Å². The Hall–Kier alpha value is -2.43. The molecule has 0 aliphatic carbocycles. The molecule has 3 heterocycles. The minimum atomic E-state index is -0.0504. The number of carbonyl (C=O) groups is 2. The molecule has 1 spiro atoms. The smallest absolute Gasteiger partial charge is 0.253 e. The maximum atomic E-state index is 12.7. The van der Waals surface area contributed by atoms with E-state index in [9.17, 15) is 9.59 Å². The summed E-state index contributed by atoms with van der Waals surface area (Å²) in [6.45, 7) is 2.08. The molecule has 2 aromatic rings. The maximum Gasteiger partial charge on any atom is 0.253 e. The van der Waals surface area contributed by atoms with Crippen LogP contribution in [-0.4, -0.2) is 41.3 Å². The van der Waals surface area contributed by atoms with E-state index in [2.05, 4.69) is 10.3 Å². The SMILES string of the molecule is O=C1CC2(CCN(C(=O)c3ccc4ncccc4c3)C2)CN1. The fourth-order valence-electron chi connectivity index (χ4n) is 3.54. The third-order valence-corrected chi connectivity index (χ3v) is 4.77. The van der Waals surface area contributed by atoms with Crippen LogP contribution in [0.3, 0.4) is 0 Å². The van der Waals surface area contributed by atoms with Gasteiger partial charge in [-0.1, -0.05) is 6.07 Å². The molecule has 5 nitrogen and oxygen atoms in total. The second-order valence-corrected chi connectivity index (χ2v) is 6.34. The molecule has 2 aliphatic heterocycles. The molecule has 2 saturated heterocycles. The Morgan fingerprint density at radius 2 is 2.23 bits per heavy atom. The van der Waals surface area contributed by atoms with Crippen molar-refractivity contribution in [2.24, 2.45) is 5.41 Å². The van der Waals surface area contributed by atoms with Crippen LogP contribution in [-0.2, 0) is 4.79 Å². The lowest BCUT2D eigenvalue weighted by Crippen LogP contribution is -2.33. The van der Waals surface area contributed by atoms with Gasteiger partial charge in [-0.15, -0.1) is 0 Å². The summed E-state index contributed by atoms with van der Waals surface area (Å²) >= 11 is 0. The highest BCUT2D eigenvalue weighted by Crippen LogP contribution is 2.37. The van der Waals surface area contributed by atoms with Crippen molar-refractivity contribution in [3.05, 3.63) is 42.1 Å². The summed E-state index contributed by atoms with van der Waals surface area (Å²) in [6, 6.07) is 9.45. The van der Waals surface area contributed by atoms with E-state index in [1.165, 1.54) is 0 Å². The predicted octanol–water partition coefficient (Wildman–Crippen LogP) is 1.59. The summed E-state index contributed by atoms with van der Waals surface area (Å²) < 4.78 is 0. The molecular formula is C17H17N3O2. The second kappa shape index (κ2) is 4.80. The topological polar surface area (TPSA) is 62.3 Å². The Morgan fingerprint density at radius 3 is 3.05 bits per heavy atom. The van der Waals surface area contributed by atoms with Gasteiger partial charge in [0.25, 0.3) is 5.91 Å². The summed E-state index contributed by atoms with van der Waals surface area (Å²) in [4.78, 5) is 30.3.